The Hall–Kier alpha value is -1.02. The number of nitrogens with one attached hydrogen (secondary N) is 1. The zero-order valence-electron chi connectivity index (χ0n) is 15.1. The Morgan fingerprint density at radius 1 is 1.05 bits per heavy atom. The molecule has 0 aliphatic heterocycles. The third-order valence-electron chi connectivity index (χ3n) is 3.60. The maximum Gasteiger partial charge on any atom is 0.120 e. The van der Waals surface area contributed by atoms with Crippen LogP contribution in [0.5, 0.6) is 5.75 Å². The summed E-state index contributed by atoms with van der Waals surface area (Å²) in [4.78, 5) is 0. The summed E-state index contributed by atoms with van der Waals surface area (Å²) < 4.78 is 6.28. The van der Waals surface area contributed by atoms with Gasteiger partial charge in [-0.2, -0.15) is 0 Å². The van der Waals surface area contributed by atoms with E-state index in [1.165, 1.54) is 11.1 Å². The molecule has 2 heteroatoms. The van der Waals surface area contributed by atoms with Crippen LogP contribution in [-0.4, -0.2) is 18.2 Å². The summed E-state index contributed by atoms with van der Waals surface area (Å²) in [5.74, 6) is 1.99. The zero-order chi connectivity index (χ0) is 16.2. The molecule has 1 unspecified atom stereocenters. The number of aryl methyl sites for hydroxylation is 1. The molecule has 0 radical (unpaired) electrons. The molecular weight excluding hydrogens is 258 g/mol. The first-order valence-electron chi connectivity index (χ1n) is 8.12. The van der Waals surface area contributed by atoms with Crippen LogP contribution in [0.15, 0.2) is 18.2 Å². The van der Waals surface area contributed by atoms with Gasteiger partial charge in [-0.15, -0.1) is 0 Å². The van der Waals surface area contributed by atoms with Crippen molar-refractivity contribution in [1.29, 1.82) is 0 Å². The lowest BCUT2D eigenvalue weighted by Gasteiger charge is -2.28. The van der Waals surface area contributed by atoms with E-state index >= 15 is 0 Å². The van der Waals surface area contributed by atoms with Crippen molar-refractivity contribution in [3.05, 3.63) is 29.3 Å². The van der Waals surface area contributed by atoms with Crippen LogP contribution in [0.3, 0.4) is 0 Å². The Kier molecular flexibility index (Phi) is 6.27. The lowest BCUT2D eigenvalue weighted by atomic mass is 10.0. The molecular formula is C19H33NO. The fourth-order valence-electron chi connectivity index (χ4n) is 2.17. The van der Waals surface area contributed by atoms with Crippen LogP contribution in [0, 0.1) is 12.8 Å². The van der Waals surface area contributed by atoms with Crippen molar-refractivity contribution in [2.24, 2.45) is 5.92 Å². The van der Waals surface area contributed by atoms with Crippen molar-refractivity contribution in [3.8, 4) is 5.75 Å². The topological polar surface area (TPSA) is 21.3 Å². The predicted octanol–water partition coefficient (Wildman–Crippen LogP) is 4.91. The molecule has 1 aromatic rings. The van der Waals surface area contributed by atoms with Gasteiger partial charge >= 0.3 is 0 Å². The Labute approximate surface area is 131 Å². The van der Waals surface area contributed by atoms with Gasteiger partial charge in [-0.1, -0.05) is 33.8 Å². The second-order valence-corrected chi connectivity index (χ2v) is 7.77. The van der Waals surface area contributed by atoms with Gasteiger partial charge < -0.3 is 10.1 Å². The van der Waals surface area contributed by atoms with E-state index in [2.05, 4.69) is 78.9 Å². The van der Waals surface area contributed by atoms with Gasteiger partial charge in [0.15, 0.2) is 0 Å². The van der Waals surface area contributed by atoms with Gasteiger partial charge in [-0.25, -0.2) is 0 Å². The van der Waals surface area contributed by atoms with Crippen molar-refractivity contribution in [2.45, 2.75) is 73.0 Å². The zero-order valence-corrected chi connectivity index (χ0v) is 15.1. The number of ether oxygens (including phenoxy) is 1. The predicted molar refractivity (Wildman–Crippen MR) is 92.3 cm³/mol. The van der Waals surface area contributed by atoms with E-state index in [0.29, 0.717) is 11.8 Å². The fraction of sp³-hybridized carbons (Fsp3) is 0.684. The molecule has 120 valence electrons. The summed E-state index contributed by atoms with van der Waals surface area (Å²) >= 11 is 0. The van der Waals surface area contributed by atoms with Crippen LogP contribution < -0.4 is 10.1 Å². The minimum atomic E-state index is 0.117. The van der Waals surface area contributed by atoms with Gasteiger partial charge in [0.25, 0.3) is 0 Å². The molecule has 1 atom stereocenters. The van der Waals surface area contributed by atoms with E-state index in [9.17, 15) is 0 Å². The first-order chi connectivity index (χ1) is 9.58. The van der Waals surface area contributed by atoms with Crippen LogP contribution in [0.1, 0.15) is 65.5 Å². The average Bonchev–Trinajstić information content (AvgIpc) is 2.32. The lowest BCUT2D eigenvalue weighted by molar-refractivity contribution is 0.139. The van der Waals surface area contributed by atoms with E-state index in [4.69, 9.17) is 4.74 Å². The molecule has 0 aliphatic carbocycles. The maximum absolute atomic E-state index is 6.28. The Morgan fingerprint density at radius 3 is 2.14 bits per heavy atom. The second-order valence-electron chi connectivity index (χ2n) is 7.77. The summed E-state index contributed by atoms with van der Waals surface area (Å²) in [6.45, 7) is 18.4. The summed E-state index contributed by atoms with van der Waals surface area (Å²) in [6.07, 6.45) is 0.186. The normalized spacial score (nSPS) is 13.8. The summed E-state index contributed by atoms with van der Waals surface area (Å²) in [6, 6.07) is 6.57. The number of hydrogen-bond donors (Lipinski definition) is 1. The second kappa shape index (κ2) is 7.31. The van der Waals surface area contributed by atoms with Gasteiger partial charge in [-0.3, -0.25) is 0 Å². The minimum Gasteiger partial charge on any atom is -0.489 e. The molecule has 0 saturated heterocycles. The van der Waals surface area contributed by atoms with Crippen molar-refractivity contribution < 1.29 is 4.74 Å². The molecule has 2 nitrogen and oxygen atoms in total. The van der Waals surface area contributed by atoms with Crippen LogP contribution in [0.4, 0.5) is 0 Å². The van der Waals surface area contributed by atoms with E-state index in [1.54, 1.807) is 0 Å². The highest BCUT2D eigenvalue weighted by Gasteiger charge is 2.19. The van der Waals surface area contributed by atoms with Gasteiger partial charge in [0, 0.05) is 12.1 Å². The van der Waals surface area contributed by atoms with Gasteiger partial charge in [0.05, 0.1) is 0 Å². The molecule has 0 amide bonds. The van der Waals surface area contributed by atoms with Gasteiger partial charge in [0.1, 0.15) is 11.9 Å². The third-order valence-corrected chi connectivity index (χ3v) is 3.60. The summed E-state index contributed by atoms with van der Waals surface area (Å²) in [7, 11) is 0. The molecule has 0 heterocycles. The van der Waals surface area contributed by atoms with E-state index < -0.39 is 0 Å². The van der Waals surface area contributed by atoms with E-state index in [1.807, 2.05) is 0 Å². The number of hydrogen-bond acceptors (Lipinski definition) is 2. The highest BCUT2D eigenvalue weighted by Crippen LogP contribution is 2.24. The minimum absolute atomic E-state index is 0.117. The summed E-state index contributed by atoms with van der Waals surface area (Å²) in [5, 5.41) is 3.55. The van der Waals surface area contributed by atoms with Crippen molar-refractivity contribution in [3.63, 3.8) is 0 Å². The van der Waals surface area contributed by atoms with E-state index in [-0.39, 0.29) is 11.6 Å². The fourth-order valence-corrected chi connectivity index (χ4v) is 2.17. The number of rotatable bonds is 6. The molecule has 1 rings (SSSR count). The van der Waals surface area contributed by atoms with Crippen LogP contribution in [0.25, 0.3) is 0 Å². The largest absolute Gasteiger partial charge is 0.489 e. The van der Waals surface area contributed by atoms with Gasteiger partial charge in [-0.05, 0) is 62.8 Å². The number of benzene rings is 1. The van der Waals surface area contributed by atoms with Crippen LogP contribution >= 0.6 is 0 Å². The third kappa shape index (κ3) is 6.52. The highest BCUT2D eigenvalue weighted by atomic mass is 16.5. The molecule has 0 saturated carbocycles. The molecule has 0 fully saturated rings. The highest BCUT2D eigenvalue weighted by molar-refractivity contribution is 5.35. The van der Waals surface area contributed by atoms with Crippen molar-refractivity contribution in [2.75, 3.05) is 6.54 Å². The lowest BCUT2D eigenvalue weighted by Crippen LogP contribution is -2.44. The molecule has 0 bridgehead atoms. The Balaban J connectivity index is 2.84. The smallest absolute Gasteiger partial charge is 0.120 e. The standard InChI is InChI=1S/C19H33NO/c1-13(2)16-9-15(5)10-17(11-16)21-18(14(3)4)12-20-19(6,7)8/h9-11,13-14,18,20H,12H2,1-8H3. The quantitative estimate of drug-likeness (QED) is 0.804. The summed E-state index contributed by atoms with van der Waals surface area (Å²) in [5.41, 5.74) is 2.73. The molecule has 1 aromatic carbocycles. The SMILES string of the molecule is Cc1cc(OC(CNC(C)(C)C)C(C)C)cc(C(C)C)c1. The average molecular weight is 291 g/mol. The van der Waals surface area contributed by atoms with E-state index in [0.717, 1.165) is 12.3 Å². The van der Waals surface area contributed by atoms with Crippen LogP contribution in [0.2, 0.25) is 0 Å². The molecule has 0 aromatic heterocycles. The molecule has 21 heavy (non-hydrogen) atoms. The molecule has 1 N–H and O–H groups in total. The van der Waals surface area contributed by atoms with Gasteiger partial charge in [0.2, 0.25) is 0 Å². The Morgan fingerprint density at radius 2 is 1.67 bits per heavy atom. The van der Waals surface area contributed by atoms with Crippen molar-refractivity contribution >= 4 is 0 Å². The maximum atomic E-state index is 6.28. The van der Waals surface area contributed by atoms with Crippen LogP contribution in [-0.2, 0) is 0 Å². The first-order valence-corrected chi connectivity index (χ1v) is 8.12. The van der Waals surface area contributed by atoms with Crippen molar-refractivity contribution in [1.82, 2.24) is 5.32 Å². The monoisotopic (exact) mass is 291 g/mol. The molecule has 0 spiro atoms. The Bertz CT molecular complexity index is 443. The first kappa shape index (κ1) is 18.0. The molecule has 0 aliphatic rings.